The van der Waals surface area contributed by atoms with Gasteiger partial charge in [0.15, 0.2) is 5.96 Å². The molecule has 6 nitrogen and oxygen atoms in total. The molecule has 0 amide bonds. The van der Waals surface area contributed by atoms with Gasteiger partial charge in [0.1, 0.15) is 0 Å². The first-order valence-electron chi connectivity index (χ1n) is 9.40. The number of halogens is 3. The van der Waals surface area contributed by atoms with E-state index in [0.29, 0.717) is 50.7 Å². The van der Waals surface area contributed by atoms with Gasteiger partial charge < -0.3 is 15.4 Å². The number of rotatable bonds is 7. The molecule has 0 spiro atoms. The van der Waals surface area contributed by atoms with Crippen molar-refractivity contribution in [1.29, 1.82) is 0 Å². The molecule has 1 atom stereocenters. The Labute approximate surface area is 163 Å². The van der Waals surface area contributed by atoms with Crippen molar-refractivity contribution in [3.63, 3.8) is 0 Å². The maximum atomic E-state index is 12.5. The van der Waals surface area contributed by atoms with E-state index >= 15 is 0 Å². The molecule has 0 aromatic heterocycles. The Kier molecular flexibility index (Phi) is 8.10. The molecule has 1 unspecified atom stereocenters. The summed E-state index contributed by atoms with van der Waals surface area (Å²) in [6, 6.07) is 6.91. The van der Waals surface area contributed by atoms with Crippen molar-refractivity contribution < 1.29 is 22.7 Å². The highest BCUT2D eigenvalue weighted by Crippen LogP contribution is 2.20. The number of esters is 1. The largest absolute Gasteiger partial charge is 0.462 e. The predicted molar refractivity (Wildman–Crippen MR) is 101 cm³/mol. The van der Waals surface area contributed by atoms with E-state index in [1.807, 2.05) is 6.92 Å². The van der Waals surface area contributed by atoms with Gasteiger partial charge in [-0.1, -0.05) is 12.1 Å². The lowest BCUT2D eigenvalue weighted by Crippen LogP contribution is -2.45. The number of benzene rings is 1. The Bertz CT molecular complexity index is 662. The van der Waals surface area contributed by atoms with E-state index in [1.54, 1.807) is 31.2 Å². The van der Waals surface area contributed by atoms with Crippen molar-refractivity contribution in [2.24, 2.45) is 4.99 Å². The van der Waals surface area contributed by atoms with Crippen molar-refractivity contribution in [1.82, 2.24) is 15.5 Å². The van der Waals surface area contributed by atoms with Crippen molar-refractivity contribution >= 4 is 11.9 Å². The first-order chi connectivity index (χ1) is 13.3. The molecule has 9 heteroatoms. The van der Waals surface area contributed by atoms with Gasteiger partial charge in [-0.15, -0.1) is 0 Å². The van der Waals surface area contributed by atoms with Gasteiger partial charge in [0.2, 0.25) is 0 Å². The monoisotopic (exact) mass is 400 g/mol. The minimum absolute atomic E-state index is 0.0775. The van der Waals surface area contributed by atoms with Gasteiger partial charge in [0.05, 0.1) is 25.3 Å². The fourth-order valence-electron chi connectivity index (χ4n) is 2.99. The number of ether oxygens (including phenoxy) is 1. The van der Waals surface area contributed by atoms with Crippen molar-refractivity contribution in [2.75, 3.05) is 32.8 Å². The van der Waals surface area contributed by atoms with E-state index in [2.05, 4.69) is 15.6 Å². The number of likely N-dealkylation sites (tertiary alicyclic amines) is 1. The Morgan fingerprint density at radius 2 is 2.00 bits per heavy atom. The summed E-state index contributed by atoms with van der Waals surface area (Å²) >= 11 is 0. The van der Waals surface area contributed by atoms with Crippen LogP contribution in [0.15, 0.2) is 29.3 Å². The van der Waals surface area contributed by atoms with Crippen LogP contribution in [0.5, 0.6) is 0 Å². The molecular formula is C19H27F3N4O2. The van der Waals surface area contributed by atoms with E-state index in [0.717, 1.165) is 5.56 Å². The van der Waals surface area contributed by atoms with E-state index in [-0.39, 0.29) is 12.0 Å². The number of hydrogen-bond acceptors (Lipinski definition) is 4. The third-order valence-electron chi connectivity index (χ3n) is 4.25. The number of guanidine groups is 1. The summed E-state index contributed by atoms with van der Waals surface area (Å²) in [5.41, 5.74) is 1.39. The second-order valence-corrected chi connectivity index (χ2v) is 6.59. The lowest BCUT2D eigenvalue weighted by Gasteiger charge is -2.19. The summed E-state index contributed by atoms with van der Waals surface area (Å²) in [6.07, 6.45) is -3.54. The number of hydrogen-bond donors (Lipinski definition) is 2. The van der Waals surface area contributed by atoms with E-state index in [9.17, 15) is 18.0 Å². The topological polar surface area (TPSA) is 66.0 Å². The number of carbonyl (C=O) groups is 1. The average Bonchev–Trinajstić information content (AvgIpc) is 3.05. The summed E-state index contributed by atoms with van der Waals surface area (Å²) in [6.45, 7) is 4.89. The third kappa shape index (κ3) is 7.38. The number of nitrogens with one attached hydrogen (secondary N) is 2. The minimum atomic E-state index is -4.18. The van der Waals surface area contributed by atoms with Gasteiger partial charge in [-0.2, -0.15) is 13.2 Å². The standard InChI is InChI=1S/C19H27F3N4O2/c1-3-23-18(25-16-9-10-26(12-16)13-19(20,21)22)24-11-14-5-7-15(8-6-14)17(27)28-4-2/h5-8,16H,3-4,9-13H2,1-2H3,(H2,23,24,25). The van der Waals surface area contributed by atoms with Crippen LogP contribution in [0, 0.1) is 0 Å². The van der Waals surface area contributed by atoms with Crippen LogP contribution in [0.4, 0.5) is 13.2 Å². The number of carbonyl (C=O) groups excluding carboxylic acids is 1. The summed E-state index contributed by atoms with van der Waals surface area (Å²) in [4.78, 5) is 17.6. The van der Waals surface area contributed by atoms with Gasteiger partial charge in [0.25, 0.3) is 0 Å². The maximum absolute atomic E-state index is 12.5. The molecule has 1 saturated heterocycles. The second-order valence-electron chi connectivity index (χ2n) is 6.59. The van der Waals surface area contributed by atoms with E-state index in [4.69, 9.17) is 4.74 Å². The zero-order valence-corrected chi connectivity index (χ0v) is 16.2. The predicted octanol–water partition coefficient (Wildman–Crippen LogP) is 2.56. The maximum Gasteiger partial charge on any atom is 0.401 e. The zero-order chi connectivity index (χ0) is 20.6. The van der Waals surface area contributed by atoms with Crippen LogP contribution in [0.25, 0.3) is 0 Å². The highest BCUT2D eigenvalue weighted by Gasteiger charge is 2.34. The molecule has 0 bridgehead atoms. The molecular weight excluding hydrogens is 373 g/mol. The Balaban J connectivity index is 1.91. The van der Waals surface area contributed by atoms with Crippen LogP contribution in [0.1, 0.15) is 36.2 Å². The van der Waals surface area contributed by atoms with E-state index in [1.165, 1.54) is 4.90 Å². The number of nitrogens with zero attached hydrogens (tertiary/aromatic N) is 2. The fourth-order valence-corrected chi connectivity index (χ4v) is 2.99. The quantitative estimate of drug-likeness (QED) is 0.418. The second kappa shape index (κ2) is 10.3. The van der Waals surface area contributed by atoms with Crippen LogP contribution in [0.3, 0.4) is 0 Å². The van der Waals surface area contributed by atoms with Gasteiger partial charge >= 0.3 is 12.1 Å². The number of alkyl halides is 3. The van der Waals surface area contributed by atoms with Gasteiger partial charge in [0, 0.05) is 25.7 Å². The summed E-state index contributed by atoms with van der Waals surface area (Å²) in [5, 5.41) is 6.32. The molecule has 0 radical (unpaired) electrons. The van der Waals surface area contributed by atoms with Gasteiger partial charge in [-0.3, -0.25) is 4.90 Å². The van der Waals surface area contributed by atoms with Crippen molar-refractivity contribution in [3.8, 4) is 0 Å². The SMILES string of the molecule is CCNC(=NCc1ccc(C(=O)OCC)cc1)NC1CCN(CC(F)(F)F)C1. The van der Waals surface area contributed by atoms with Crippen LogP contribution in [-0.4, -0.2) is 61.8 Å². The minimum Gasteiger partial charge on any atom is -0.462 e. The van der Waals surface area contributed by atoms with Crippen molar-refractivity contribution in [2.45, 2.75) is 39.0 Å². The summed E-state index contributed by atoms with van der Waals surface area (Å²) < 4.78 is 42.5. The molecule has 1 aliphatic heterocycles. The Morgan fingerprint density at radius 3 is 2.61 bits per heavy atom. The molecule has 2 N–H and O–H groups in total. The Morgan fingerprint density at radius 1 is 1.29 bits per heavy atom. The molecule has 156 valence electrons. The van der Waals surface area contributed by atoms with Crippen LogP contribution in [-0.2, 0) is 11.3 Å². The lowest BCUT2D eigenvalue weighted by molar-refractivity contribution is -0.143. The van der Waals surface area contributed by atoms with E-state index < -0.39 is 12.7 Å². The van der Waals surface area contributed by atoms with Gasteiger partial charge in [-0.05, 0) is 38.0 Å². The number of aliphatic imine (C=N–C) groups is 1. The average molecular weight is 400 g/mol. The van der Waals surface area contributed by atoms with Crippen LogP contribution >= 0.6 is 0 Å². The van der Waals surface area contributed by atoms with Gasteiger partial charge in [-0.25, -0.2) is 9.79 Å². The molecule has 0 aliphatic carbocycles. The molecule has 0 saturated carbocycles. The first kappa shape index (κ1) is 22.0. The lowest BCUT2D eigenvalue weighted by atomic mass is 10.1. The molecule has 1 heterocycles. The normalized spacial score (nSPS) is 18.2. The van der Waals surface area contributed by atoms with Crippen molar-refractivity contribution in [3.05, 3.63) is 35.4 Å². The summed E-state index contributed by atoms with van der Waals surface area (Å²) in [7, 11) is 0. The smallest absolute Gasteiger partial charge is 0.401 e. The van der Waals surface area contributed by atoms with Crippen LogP contribution in [0.2, 0.25) is 0 Å². The molecule has 2 rings (SSSR count). The highest BCUT2D eigenvalue weighted by atomic mass is 19.4. The fraction of sp³-hybridized carbons (Fsp3) is 0.579. The first-order valence-corrected chi connectivity index (χ1v) is 9.40. The molecule has 1 fully saturated rings. The highest BCUT2D eigenvalue weighted by molar-refractivity contribution is 5.89. The zero-order valence-electron chi connectivity index (χ0n) is 16.2. The molecule has 1 aromatic carbocycles. The molecule has 28 heavy (non-hydrogen) atoms. The third-order valence-corrected chi connectivity index (χ3v) is 4.25. The Hall–Kier alpha value is -2.29. The molecule has 1 aliphatic rings. The van der Waals surface area contributed by atoms with Crippen LogP contribution < -0.4 is 10.6 Å². The molecule has 1 aromatic rings. The summed E-state index contributed by atoms with van der Waals surface area (Å²) in [5.74, 6) is 0.202.